The number of hydrogen-bond donors (Lipinski definition) is 1. The topological polar surface area (TPSA) is 64.0 Å². The average molecular weight is 307 g/mol. The molecular weight excluding hydrogens is 286 g/mol. The SMILES string of the molecule is CCCS(=O)(=O)c1ccc(NCCc2cnn(C)c2)cc1. The number of aryl methyl sites for hydroxylation is 1. The Kier molecular flexibility index (Phi) is 5.01. The Balaban J connectivity index is 1.90. The van der Waals surface area contributed by atoms with Gasteiger partial charge in [-0.05, 0) is 42.7 Å². The van der Waals surface area contributed by atoms with Gasteiger partial charge >= 0.3 is 0 Å². The molecule has 0 aliphatic heterocycles. The van der Waals surface area contributed by atoms with Crippen molar-refractivity contribution in [3.63, 3.8) is 0 Å². The Morgan fingerprint density at radius 2 is 1.95 bits per heavy atom. The van der Waals surface area contributed by atoms with Gasteiger partial charge in [-0.2, -0.15) is 5.10 Å². The number of benzene rings is 1. The molecule has 0 fully saturated rings. The van der Waals surface area contributed by atoms with Gasteiger partial charge in [0.25, 0.3) is 0 Å². The summed E-state index contributed by atoms with van der Waals surface area (Å²) < 4.78 is 25.6. The molecule has 2 rings (SSSR count). The molecule has 1 heterocycles. The smallest absolute Gasteiger partial charge is 0.178 e. The molecule has 6 heteroatoms. The molecule has 0 unspecified atom stereocenters. The first-order chi connectivity index (χ1) is 10.0. The van der Waals surface area contributed by atoms with Crippen molar-refractivity contribution in [2.24, 2.45) is 7.05 Å². The second-order valence-corrected chi connectivity index (χ2v) is 7.15. The summed E-state index contributed by atoms with van der Waals surface area (Å²) in [7, 11) is -1.23. The Morgan fingerprint density at radius 1 is 1.24 bits per heavy atom. The zero-order chi connectivity index (χ0) is 15.3. The van der Waals surface area contributed by atoms with Crippen LogP contribution in [0.1, 0.15) is 18.9 Å². The lowest BCUT2D eigenvalue weighted by atomic mass is 10.2. The lowest BCUT2D eigenvalue weighted by Gasteiger charge is -2.07. The van der Waals surface area contributed by atoms with E-state index < -0.39 is 9.84 Å². The van der Waals surface area contributed by atoms with Crippen LogP contribution in [0.2, 0.25) is 0 Å². The molecule has 0 saturated heterocycles. The molecule has 0 bridgehead atoms. The molecule has 2 aromatic rings. The van der Waals surface area contributed by atoms with Gasteiger partial charge in [-0.15, -0.1) is 0 Å². The van der Waals surface area contributed by atoms with Crippen LogP contribution in [-0.4, -0.2) is 30.5 Å². The van der Waals surface area contributed by atoms with E-state index >= 15 is 0 Å². The van der Waals surface area contributed by atoms with Crippen molar-refractivity contribution in [1.82, 2.24) is 9.78 Å². The molecule has 0 aliphatic carbocycles. The van der Waals surface area contributed by atoms with Crippen molar-refractivity contribution in [3.05, 3.63) is 42.2 Å². The van der Waals surface area contributed by atoms with Gasteiger partial charge in [0.2, 0.25) is 0 Å². The first kappa shape index (κ1) is 15.6. The fourth-order valence-corrected chi connectivity index (χ4v) is 3.44. The van der Waals surface area contributed by atoms with Crippen LogP contribution in [-0.2, 0) is 23.3 Å². The van der Waals surface area contributed by atoms with Gasteiger partial charge in [0.15, 0.2) is 9.84 Å². The van der Waals surface area contributed by atoms with Crippen LogP contribution >= 0.6 is 0 Å². The Bertz CT molecular complexity index is 675. The second-order valence-electron chi connectivity index (χ2n) is 5.04. The molecule has 21 heavy (non-hydrogen) atoms. The fraction of sp³-hybridized carbons (Fsp3) is 0.400. The third-order valence-electron chi connectivity index (χ3n) is 3.19. The van der Waals surface area contributed by atoms with Gasteiger partial charge in [-0.1, -0.05) is 6.92 Å². The standard InChI is InChI=1S/C15H21N3O2S/c1-3-10-21(19,20)15-6-4-14(5-7-15)16-9-8-13-11-17-18(2)12-13/h4-7,11-12,16H,3,8-10H2,1-2H3. The fourth-order valence-electron chi connectivity index (χ4n) is 2.12. The van der Waals surface area contributed by atoms with Crippen molar-refractivity contribution in [2.75, 3.05) is 17.6 Å². The van der Waals surface area contributed by atoms with Crippen LogP contribution in [0.25, 0.3) is 0 Å². The maximum atomic E-state index is 11.9. The molecule has 114 valence electrons. The Labute approximate surface area is 125 Å². The van der Waals surface area contributed by atoms with Gasteiger partial charge in [0.05, 0.1) is 16.8 Å². The lowest BCUT2D eigenvalue weighted by Crippen LogP contribution is -2.07. The van der Waals surface area contributed by atoms with E-state index in [1.54, 1.807) is 16.8 Å². The van der Waals surface area contributed by atoms with Crippen molar-refractivity contribution < 1.29 is 8.42 Å². The summed E-state index contributed by atoms with van der Waals surface area (Å²) in [6, 6.07) is 6.95. The van der Waals surface area contributed by atoms with Crippen molar-refractivity contribution in [2.45, 2.75) is 24.7 Å². The third kappa shape index (κ3) is 4.32. The summed E-state index contributed by atoms with van der Waals surface area (Å²) in [6.07, 6.45) is 5.35. The van der Waals surface area contributed by atoms with Gasteiger partial charge in [0.1, 0.15) is 0 Å². The number of anilines is 1. The molecule has 0 amide bonds. The molecule has 0 saturated carbocycles. The number of sulfone groups is 1. The van der Waals surface area contributed by atoms with Gasteiger partial charge in [-0.3, -0.25) is 4.68 Å². The molecule has 1 N–H and O–H groups in total. The van der Waals surface area contributed by atoms with Crippen LogP contribution in [0.15, 0.2) is 41.6 Å². The predicted molar refractivity (Wildman–Crippen MR) is 84.2 cm³/mol. The maximum absolute atomic E-state index is 11.9. The van der Waals surface area contributed by atoms with E-state index in [0.29, 0.717) is 11.3 Å². The molecule has 5 nitrogen and oxygen atoms in total. The monoisotopic (exact) mass is 307 g/mol. The van der Waals surface area contributed by atoms with Gasteiger partial charge in [0, 0.05) is 25.5 Å². The Morgan fingerprint density at radius 3 is 2.52 bits per heavy atom. The second kappa shape index (κ2) is 6.76. The maximum Gasteiger partial charge on any atom is 0.178 e. The minimum atomic E-state index is -3.13. The van der Waals surface area contributed by atoms with E-state index in [1.807, 2.05) is 38.5 Å². The van der Waals surface area contributed by atoms with Crippen LogP contribution < -0.4 is 5.32 Å². The van der Waals surface area contributed by atoms with E-state index in [4.69, 9.17) is 0 Å². The minimum Gasteiger partial charge on any atom is -0.385 e. The highest BCUT2D eigenvalue weighted by Crippen LogP contribution is 2.16. The molecule has 1 aromatic heterocycles. The normalized spacial score (nSPS) is 11.5. The highest BCUT2D eigenvalue weighted by atomic mass is 32.2. The summed E-state index contributed by atoms with van der Waals surface area (Å²) in [5.74, 6) is 0.195. The van der Waals surface area contributed by atoms with E-state index in [-0.39, 0.29) is 5.75 Å². The van der Waals surface area contributed by atoms with E-state index in [2.05, 4.69) is 10.4 Å². The first-order valence-corrected chi connectivity index (χ1v) is 8.70. The largest absolute Gasteiger partial charge is 0.385 e. The lowest BCUT2D eigenvalue weighted by molar-refractivity contribution is 0.595. The number of hydrogen-bond acceptors (Lipinski definition) is 4. The average Bonchev–Trinajstić information content (AvgIpc) is 2.85. The molecule has 0 radical (unpaired) electrons. The molecule has 0 aliphatic rings. The first-order valence-electron chi connectivity index (χ1n) is 7.05. The molecule has 1 aromatic carbocycles. The van der Waals surface area contributed by atoms with Gasteiger partial charge in [-0.25, -0.2) is 8.42 Å². The zero-order valence-corrected chi connectivity index (χ0v) is 13.2. The van der Waals surface area contributed by atoms with Crippen molar-refractivity contribution in [1.29, 1.82) is 0 Å². The Hall–Kier alpha value is -1.82. The minimum absolute atomic E-state index is 0.195. The number of nitrogens with one attached hydrogen (secondary N) is 1. The number of rotatable bonds is 7. The van der Waals surface area contributed by atoms with E-state index in [9.17, 15) is 8.42 Å². The summed E-state index contributed by atoms with van der Waals surface area (Å²) in [6.45, 7) is 2.65. The van der Waals surface area contributed by atoms with Crippen LogP contribution in [0.5, 0.6) is 0 Å². The number of aromatic nitrogens is 2. The summed E-state index contributed by atoms with van der Waals surface area (Å²) >= 11 is 0. The quantitative estimate of drug-likeness (QED) is 0.852. The number of nitrogens with zero attached hydrogens (tertiary/aromatic N) is 2. The third-order valence-corrected chi connectivity index (χ3v) is 5.12. The predicted octanol–water partition coefficient (Wildman–Crippen LogP) is 2.26. The molecule has 0 atom stereocenters. The van der Waals surface area contributed by atoms with Crippen LogP contribution in [0, 0.1) is 0 Å². The van der Waals surface area contributed by atoms with Crippen molar-refractivity contribution >= 4 is 15.5 Å². The highest BCUT2D eigenvalue weighted by molar-refractivity contribution is 7.91. The van der Waals surface area contributed by atoms with Crippen LogP contribution in [0.4, 0.5) is 5.69 Å². The van der Waals surface area contributed by atoms with Gasteiger partial charge < -0.3 is 5.32 Å². The van der Waals surface area contributed by atoms with Crippen molar-refractivity contribution in [3.8, 4) is 0 Å². The van der Waals surface area contributed by atoms with E-state index in [0.717, 1.165) is 18.7 Å². The highest BCUT2D eigenvalue weighted by Gasteiger charge is 2.12. The molecule has 0 spiro atoms. The molecular formula is C15H21N3O2S. The summed E-state index contributed by atoms with van der Waals surface area (Å²) in [5.41, 5.74) is 2.10. The summed E-state index contributed by atoms with van der Waals surface area (Å²) in [5, 5.41) is 7.40. The van der Waals surface area contributed by atoms with Crippen LogP contribution in [0.3, 0.4) is 0 Å². The summed E-state index contributed by atoms with van der Waals surface area (Å²) in [4.78, 5) is 0.391. The zero-order valence-electron chi connectivity index (χ0n) is 12.4. The van der Waals surface area contributed by atoms with E-state index in [1.165, 1.54) is 5.56 Å².